The molecular weight excluding hydrogens is 310 g/mol. The number of likely N-dealkylation sites (N-methyl/N-ethyl adjacent to an activating group) is 1. The molecule has 0 radical (unpaired) electrons. The third-order valence-corrected chi connectivity index (χ3v) is 3.54. The Morgan fingerprint density at radius 3 is 2.04 bits per heavy atom. The largest absolute Gasteiger partial charge is 0.497 e. The molecule has 1 aromatic rings. The minimum absolute atomic E-state index is 0.00542. The Balaban J connectivity index is 2.60. The highest BCUT2D eigenvalue weighted by atomic mass is 16.5. The molecule has 1 aromatic carbocycles. The van der Waals surface area contributed by atoms with Gasteiger partial charge in [-0.05, 0) is 26.2 Å². The minimum atomic E-state index is -0.233. The van der Waals surface area contributed by atoms with E-state index < -0.39 is 0 Å². The molecule has 0 saturated carbocycles. The van der Waals surface area contributed by atoms with Crippen LogP contribution in [0.3, 0.4) is 0 Å². The van der Waals surface area contributed by atoms with Crippen LogP contribution in [0.25, 0.3) is 0 Å². The molecule has 0 unspecified atom stereocenters. The Kier molecular flexibility index (Phi) is 8.05. The summed E-state index contributed by atoms with van der Waals surface area (Å²) in [7, 11) is 6.98. The van der Waals surface area contributed by atoms with Gasteiger partial charge in [0.15, 0.2) is 0 Å². The topological polar surface area (TPSA) is 71.1 Å². The first kappa shape index (κ1) is 19.8. The van der Waals surface area contributed by atoms with Crippen molar-refractivity contribution < 1.29 is 19.1 Å². The molecule has 0 aliphatic heterocycles. The van der Waals surface area contributed by atoms with Crippen LogP contribution in [0, 0.1) is 0 Å². The van der Waals surface area contributed by atoms with Crippen molar-refractivity contribution in [2.75, 3.05) is 54.5 Å². The number of ether oxygens (including phenoxy) is 2. The van der Waals surface area contributed by atoms with Gasteiger partial charge in [0.05, 0.1) is 14.2 Å². The molecule has 0 aliphatic rings. The third-order valence-electron chi connectivity index (χ3n) is 3.54. The van der Waals surface area contributed by atoms with Crippen LogP contribution in [0.1, 0.15) is 17.3 Å². The second kappa shape index (κ2) is 9.77. The Labute approximate surface area is 143 Å². The molecule has 0 heterocycles. The number of amides is 2. The first-order valence-electron chi connectivity index (χ1n) is 7.79. The van der Waals surface area contributed by atoms with E-state index in [0.29, 0.717) is 36.7 Å². The molecule has 0 atom stereocenters. The summed E-state index contributed by atoms with van der Waals surface area (Å²) in [5, 5.41) is 2.82. The summed E-state index contributed by atoms with van der Waals surface area (Å²) in [4.78, 5) is 27.6. The quantitative estimate of drug-likeness (QED) is 0.723. The molecule has 24 heavy (non-hydrogen) atoms. The van der Waals surface area contributed by atoms with E-state index in [2.05, 4.69) is 5.32 Å². The number of nitrogens with one attached hydrogen (secondary N) is 1. The monoisotopic (exact) mass is 337 g/mol. The van der Waals surface area contributed by atoms with Crippen LogP contribution in [0.15, 0.2) is 18.2 Å². The van der Waals surface area contributed by atoms with Crippen molar-refractivity contribution in [3.63, 3.8) is 0 Å². The van der Waals surface area contributed by atoms with Crippen LogP contribution in [0.4, 0.5) is 0 Å². The zero-order valence-corrected chi connectivity index (χ0v) is 15.1. The van der Waals surface area contributed by atoms with E-state index >= 15 is 0 Å². The molecule has 0 fully saturated rings. The van der Waals surface area contributed by atoms with E-state index in [9.17, 15) is 9.59 Å². The van der Waals surface area contributed by atoms with E-state index in [4.69, 9.17) is 9.47 Å². The second-order valence-electron chi connectivity index (χ2n) is 5.67. The number of hydrogen-bond acceptors (Lipinski definition) is 5. The smallest absolute Gasteiger partial charge is 0.251 e. The summed E-state index contributed by atoms with van der Waals surface area (Å²) in [5.41, 5.74) is 0.453. The molecule has 134 valence electrons. The van der Waals surface area contributed by atoms with Gasteiger partial charge in [0, 0.05) is 44.7 Å². The molecule has 1 N–H and O–H groups in total. The Hall–Kier alpha value is -2.28. The summed E-state index contributed by atoms with van der Waals surface area (Å²) in [6, 6.07) is 4.99. The van der Waals surface area contributed by atoms with Gasteiger partial charge in [-0.25, -0.2) is 0 Å². The summed E-state index contributed by atoms with van der Waals surface area (Å²) < 4.78 is 10.3. The van der Waals surface area contributed by atoms with Crippen molar-refractivity contribution >= 4 is 11.8 Å². The first-order chi connectivity index (χ1) is 11.4. The molecule has 0 spiro atoms. The molecule has 0 aromatic heterocycles. The van der Waals surface area contributed by atoms with Crippen molar-refractivity contribution in [1.82, 2.24) is 15.1 Å². The number of carbonyl (C=O) groups excluding carboxylic acids is 2. The van der Waals surface area contributed by atoms with Gasteiger partial charge in [-0.3, -0.25) is 9.59 Å². The van der Waals surface area contributed by atoms with Gasteiger partial charge in [0.1, 0.15) is 11.5 Å². The van der Waals surface area contributed by atoms with E-state index in [1.807, 2.05) is 19.0 Å². The summed E-state index contributed by atoms with van der Waals surface area (Å²) in [6.45, 7) is 3.79. The van der Waals surface area contributed by atoms with Crippen LogP contribution in [-0.2, 0) is 4.79 Å². The average Bonchev–Trinajstić information content (AvgIpc) is 2.56. The van der Waals surface area contributed by atoms with Crippen molar-refractivity contribution in [1.29, 1.82) is 0 Å². The average molecular weight is 337 g/mol. The molecule has 1 rings (SSSR count). The maximum Gasteiger partial charge on any atom is 0.251 e. The van der Waals surface area contributed by atoms with Crippen molar-refractivity contribution in [2.45, 2.75) is 6.92 Å². The number of rotatable bonds is 9. The number of carbonyl (C=O) groups is 2. The van der Waals surface area contributed by atoms with Gasteiger partial charge in [0.25, 0.3) is 5.91 Å². The molecule has 7 heteroatoms. The fourth-order valence-electron chi connectivity index (χ4n) is 2.09. The molecule has 0 bridgehead atoms. The van der Waals surface area contributed by atoms with Crippen molar-refractivity contribution in [3.05, 3.63) is 23.8 Å². The lowest BCUT2D eigenvalue weighted by Crippen LogP contribution is -2.40. The predicted octanol–water partition coefficient (Wildman–Crippen LogP) is 0.844. The SMILES string of the molecule is COc1cc(OC)cc(C(=O)NCCN(CCN(C)C)C(C)=O)c1. The van der Waals surface area contributed by atoms with Crippen LogP contribution in [-0.4, -0.2) is 76.1 Å². The van der Waals surface area contributed by atoms with E-state index in [1.54, 1.807) is 23.1 Å². The number of hydrogen-bond donors (Lipinski definition) is 1. The summed E-state index contributed by atoms with van der Waals surface area (Å²) in [5.74, 6) is 0.865. The highest BCUT2D eigenvalue weighted by molar-refractivity contribution is 5.95. The molecular formula is C17H27N3O4. The van der Waals surface area contributed by atoms with Crippen molar-refractivity contribution in [3.8, 4) is 11.5 Å². The number of methoxy groups -OCH3 is 2. The van der Waals surface area contributed by atoms with Gasteiger partial charge in [-0.15, -0.1) is 0 Å². The molecule has 7 nitrogen and oxygen atoms in total. The summed E-state index contributed by atoms with van der Waals surface area (Å²) >= 11 is 0. The lowest BCUT2D eigenvalue weighted by atomic mass is 10.2. The number of nitrogens with zero attached hydrogens (tertiary/aromatic N) is 2. The van der Waals surface area contributed by atoms with Crippen LogP contribution in [0.2, 0.25) is 0 Å². The number of benzene rings is 1. The Morgan fingerprint density at radius 1 is 1.00 bits per heavy atom. The maximum atomic E-state index is 12.3. The van der Waals surface area contributed by atoms with E-state index in [-0.39, 0.29) is 11.8 Å². The standard InChI is InChI=1S/C17H27N3O4/c1-13(21)20(9-8-19(2)3)7-6-18-17(22)14-10-15(23-4)12-16(11-14)24-5/h10-12H,6-9H2,1-5H3,(H,18,22). The zero-order chi connectivity index (χ0) is 18.1. The van der Waals surface area contributed by atoms with E-state index in [0.717, 1.165) is 6.54 Å². The second-order valence-corrected chi connectivity index (χ2v) is 5.67. The fraction of sp³-hybridized carbons (Fsp3) is 0.529. The highest BCUT2D eigenvalue weighted by Crippen LogP contribution is 2.22. The molecule has 0 aliphatic carbocycles. The van der Waals surface area contributed by atoms with E-state index in [1.165, 1.54) is 21.1 Å². The van der Waals surface area contributed by atoms with Crippen LogP contribution >= 0.6 is 0 Å². The van der Waals surface area contributed by atoms with Gasteiger partial charge in [-0.2, -0.15) is 0 Å². The molecule has 0 saturated heterocycles. The van der Waals surface area contributed by atoms with Gasteiger partial charge in [-0.1, -0.05) is 0 Å². The summed E-state index contributed by atoms with van der Waals surface area (Å²) in [6.07, 6.45) is 0. The molecule has 2 amide bonds. The Morgan fingerprint density at radius 2 is 1.58 bits per heavy atom. The van der Waals surface area contributed by atoms with Crippen LogP contribution in [0.5, 0.6) is 11.5 Å². The predicted molar refractivity (Wildman–Crippen MR) is 92.7 cm³/mol. The Bertz CT molecular complexity index is 539. The van der Waals surface area contributed by atoms with Crippen molar-refractivity contribution in [2.24, 2.45) is 0 Å². The van der Waals surface area contributed by atoms with Gasteiger partial charge < -0.3 is 24.6 Å². The highest BCUT2D eigenvalue weighted by Gasteiger charge is 2.12. The third kappa shape index (κ3) is 6.45. The normalized spacial score (nSPS) is 10.4. The zero-order valence-electron chi connectivity index (χ0n) is 15.1. The minimum Gasteiger partial charge on any atom is -0.497 e. The van der Waals surface area contributed by atoms with Gasteiger partial charge >= 0.3 is 0 Å². The lowest BCUT2D eigenvalue weighted by Gasteiger charge is -2.23. The fourth-order valence-corrected chi connectivity index (χ4v) is 2.09. The lowest BCUT2D eigenvalue weighted by molar-refractivity contribution is -0.128. The van der Waals surface area contributed by atoms with Gasteiger partial charge in [0.2, 0.25) is 5.91 Å². The van der Waals surface area contributed by atoms with Crippen LogP contribution < -0.4 is 14.8 Å². The first-order valence-corrected chi connectivity index (χ1v) is 7.79. The maximum absolute atomic E-state index is 12.3.